The van der Waals surface area contributed by atoms with Gasteiger partial charge in [0.2, 0.25) is 0 Å². The van der Waals surface area contributed by atoms with Crippen molar-refractivity contribution in [3.8, 4) is 0 Å². The molecular formula is C22H24O2. The van der Waals surface area contributed by atoms with Crippen molar-refractivity contribution in [2.75, 3.05) is 0 Å². The first kappa shape index (κ1) is 16.5. The molecule has 0 amide bonds. The molecule has 0 fully saturated rings. The lowest BCUT2D eigenvalue weighted by Crippen LogP contribution is -2.11. The van der Waals surface area contributed by atoms with Crippen LogP contribution in [0.15, 0.2) is 60.7 Å². The number of carbonyl (C=O) groups is 1. The molecule has 1 aliphatic rings. The van der Waals surface area contributed by atoms with E-state index in [0.717, 1.165) is 35.1 Å². The highest BCUT2D eigenvalue weighted by molar-refractivity contribution is 6.27. The fourth-order valence-corrected chi connectivity index (χ4v) is 3.30. The van der Waals surface area contributed by atoms with Crippen LogP contribution in [0.4, 0.5) is 0 Å². The first-order valence-corrected chi connectivity index (χ1v) is 8.87. The third-order valence-electron chi connectivity index (χ3n) is 4.51. The number of esters is 1. The molecule has 2 aromatic carbocycles. The molecule has 0 saturated carbocycles. The van der Waals surface area contributed by atoms with Gasteiger partial charge in [-0.25, -0.2) is 4.79 Å². The van der Waals surface area contributed by atoms with Crippen molar-refractivity contribution in [3.63, 3.8) is 0 Å². The fourth-order valence-electron chi connectivity index (χ4n) is 3.30. The third-order valence-corrected chi connectivity index (χ3v) is 4.51. The molecule has 0 radical (unpaired) electrons. The Morgan fingerprint density at radius 1 is 0.833 bits per heavy atom. The van der Waals surface area contributed by atoms with E-state index in [0.29, 0.717) is 0 Å². The predicted octanol–water partition coefficient (Wildman–Crippen LogP) is 5.49. The zero-order valence-electron chi connectivity index (χ0n) is 14.2. The summed E-state index contributed by atoms with van der Waals surface area (Å²) in [4.78, 5) is 12.6. The summed E-state index contributed by atoms with van der Waals surface area (Å²) in [6, 6.07) is 20.0. The summed E-state index contributed by atoms with van der Waals surface area (Å²) in [7, 11) is 0. The molecule has 0 saturated heterocycles. The van der Waals surface area contributed by atoms with Gasteiger partial charge in [0.1, 0.15) is 6.10 Å². The Bertz CT molecular complexity index is 701. The highest BCUT2D eigenvalue weighted by Crippen LogP contribution is 2.39. The molecule has 2 aromatic rings. The van der Waals surface area contributed by atoms with Gasteiger partial charge < -0.3 is 4.74 Å². The second-order valence-corrected chi connectivity index (χ2v) is 6.26. The maximum Gasteiger partial charge on any atom is 0.339 e. The van der Waals surface area contributed by atoms with Gasteiger partial charge in [-0.3, -0.25) is 0 Å². The Labute approximate surface area is 144 Å². The number of cyclic esters (lactones) is 1. The van der Waals surface area contributed by atoms with E-state index < -0.39 is 0 Å². The van der Waals surface area contributed by atoms with Gasteiger partial charge in [-0.05, 0) is 24.0 Å². The molecule has 1 unspecified atom stereocenters. The predicted molar refractivity (Wildman–Crippen MR) is 98.3 cm³/mol. The van der Waals surface area contributed by atoms with E-state index in [1.54, 1.807) is 0 Å². The van der Waals surface area contributed by atoms with Crippen molar-refractivity contribution >= 4 is 17.1 Å². The van der Waals surface area contributed by atoms with Gasteiger partial charge in [0, 0.05) is 5.57 Å². The quantitative estimate of drug-likeness (QED) is 0.498. The molecule has 0 aliphatic carbocycles. The molecule has 0 N–H and O–H groups in total. The van der Waals surface area contributed by atoms with Crippen LogP contribution in [0.2, 0.25) is 0 Å². The van der Waals surface area contributed by atoms with Crippen LogP contribution in [0.3, 0.4) is 0 Å². The second-order valence-electron chi connectivity index (χ2n) is 6.26. The van der Waals surface area contributed by atoms with Crippen LogP contribution in [-0.2, 0) is 9.53 Å². The number of benzene rings is 2. The summed E-state index contributed by atoms with van der Waals surface area (Å²) in [5.74, 6) is -0.194. The smallest absolute Gasteiger partial charge is 0.339 e. The zero-order chi connectivity index (χ0) is 16.8. The summed E-state index contributed by atoms with van der Waals surface area (Å²) in [6.45, 7) is 2.21. The van der Waals surface area contributed by atoms with E-state index in [2.05, 4.69) is 19.1 Å². The van der Waals surface area contributed by atoms with E-state index in [1.807, 2.05) is 48.5 Å². The molecule has 1 heterocycles. The van der Waals surface area contributed by atoms with E-state index in [9.17, 15) is 4.79 Å². The van der Waals surface area contributed by atoms with Crippen LogP contribution in [0, 0.1) is 0 Å². The Morgan fingerprint density at radius 3 is 2.08 bits per heavy atom. The number of rotatable bonds is 7. The number of unbranched alkanes of at least 4 members (excludes halogenated alkanes) is 3. The summed E-state index contributed by atoms with van der Waals surface area (Å²) in [6.07, 6.45) is 5.48. The summed E-state index contributed by atoms with van der Waals surface area (Å²) in [5.41, 5.74) is 3.80. The monoisotopic (exact) mass is 320 g/mol. The number of carbonyl (C=O) groups excluding carboxylic acids is 1. The van der Waals surface area contributed by atoms with Gasteiger partial charge in [0.05, 0.1) is 5.57 Å². The highest BCUT2D eigenvalue weighted by Gasteiger charge is 2.35. The number of ether oxygens (including phenoxy) is 1. The van der Waals surface area contributed by atoms with Crippen LogP contribution >= 0.6 is 0 Å². The lowest BCUT2D eigenvalue weighted by molar-refractivity contribution is -0.137. The topological polar surface area (TPSA) is 26.3 Å². The van der Waals surface area contributed by atoms with E-state index in [4.69, 9.17) is 4.74 Å². The normalized spacial score (nSPS) is 17.2. The van der Waals surface area contributed by atoms with Crippen LogP contribution < -0.4 is 0 Å². The minimum Gasteiger partial charge on any atom is -0.454 e. The Balaban J connectivity index is 1.96. The molecule has 1 atom stereocenters. The summed E-state index contributed by atoms with van der Waals surface area (Å²) in [5, 5.41) is 0. The fraction of sp³-hybridized carbons (Fsp3) is 0.318. The van der Waals surface area contributed by atoms with Gasteiger partial charge in [-0.2, -0.15) is 0 Å². The maximum atomic E-state index is 12.6. The van der Waals surface area contributed by atoms with Gasteiger partial charge >= 0.3 is 5.97 Å². The van der Waals surface area contributed by atoms with Gasteiger partial charge in [0.25, 0.3) is 0 Å². The van der Waals surface area contributed by atoms with Crippen LogP contribution in [0.25, 0.3) is 11.1 Å². The molecule has 1 aliphatic heterocycles. The van der Waals surface area contributed by atoms with E-state index in [1.165, 1.54) is 19.3 Å². The number of hydrogen-bond donors (Lipinski definition) is 0. The molecule has 2 nitrogen and oxygen atoms in total. The van der Waals surface area contributed by atoms with Crippen molar-refractivity contribution in [2.45, 2.75) is 45.1 Å². The zero-order valence-corrected chi connectivity index (χ0v) is 14.2. The van der Waals surface area contributed by atoms with Crippen molar-refractivity contribution in [2.24, 2.45) is 0 Å². The Hall–Kier alpha value is -2.35. The van der Waals surface area contributed by atoms with Crippen LogP contribution in [-0.4, -0.2) is 12.1 Å². The Kier molecular flexibility index (Phi) is 5.47. The molecule has 0 spiro atoms. The molecule has 0 bridgehead atoms. The first-order valence-electron chi connectivity index (χ1n) is 8.87. The second kappa shape index (κ2) is 7.96. The lowest BCUT2D eigenvalue weighted by atomic mass is 9.91. The first-order chi connectivity index (χ1) is 11.8. The molecule has 2 heteroatoms. The van der Waals surface area contributed by atoms with Crippen molar-refractivity contribution in [1.82, 2.24) is 0 Å². The third kappa shape index (κ3) is 3.59. The van der Waals surface area contributed by atoms with Crippen molar-refractivity contribution in [3.05, 3.63) is 71.8 Å². The molecule has 0 aromatic heterocycles. The van der Waals surface area contributed by atoms with Gasteiger partial charge in [0.15, 0.2) is 0 Å². The SMILES string of the molecule is CCCCCCC1OC(=O)C(c2ccccc2)=C1c1ccccc1. The van der Waals surface area contributed by atoms with Gasteiger partial charge in [-0.1, -0.05) is 86.8 Å². The van der Waals surface area contributed by atoms with Crippen LogP contribution in [0.5, 0.6) is 0 Å². The minimum absolute atomic E-state index is 0.132. The van der Waals surface area contributed by atoms with Crippen LogP contribution in [0.1, 0.15) is 50.2 Å². The van der Waals surface area contributed by atoms with E-state index in [-0.39, 0.29) is 12.1 Å². The molecule has 3 rings (SSSR count). The molecule has 124 valence electrons. The minimum atomic E-state index is -0.194. The van der Waals surface area contributed by atoms with Crippen molar-refractivity contribution in [1.29, 1.82) is 0 Å². The average molecular weight is 320 g/mol. The Morgan fingerprint density at radius 2 is 1.46 bits per heavy atom. The average Bonchev–Trinajstić information content (AvgIpc) is 2.96. The highest BCUT2D eigenvalue weighted by atomic mass is 16.5. The largest absolute Gasteiger partial charge is 0.454 e. The van der Waals surface area contributed by atoms with Crippen molar-refractivity contribution < 1.29 is 9.53 Å². The van der Waals surface area contributed by atoms with E-state index >= 15 is 0 Å². The summed E-state index contributed by atoms with van der Waals surface area (Å²) >= 11 is 0. The van der Waals surface area contributed by atoms with Gasteiger partial charge in [-0.15, -0.1) is 0 Å². The maximum absolute atomic E-state index is 12.6. The summed E-state index contributed by atoms with van der Waals surface area (Å²) < 4.78 is 5.76. The number of hydrogen-bond acceptors (Lipinski definition) is 2. The lowest BCUT2D eigenvalue weighted by Gasteiger charge is -2.14. The molecular weight excluding hydrogens is 296 g/mol. The molecule has 24 heavy (non-hydrogen) atoms. The standard InChI is InChI=1S/C22H24O2/c1-2-3-4-11-16-19-20(17-12-7-5-8-13-17)21(22(23)24-19)18-14-9-6-10-15-18/h5-10,12-15,19H,2-4,11,16H2,1H3.